The second-order valence-electron chi connectivity index (χ2n) is 6.38. The van der Waals surface area contributed by atoms with Gasteiger partial charge in [-0.05, 0) is 30.3 Å². The van der Waals surface area contributed by atoms with Crippen molar-refractivity contribution in [1.29, 1.82) is 0 Å². The van der Waals surface area contributed by atoms with Gasteiger partial charge in [-0.15, -0.1) is 0 Å². The number of benzene rings is 3. The van der Waals surface area contributed by atoms with Gasteiger partial charge in [0.25, 0.3) is 0 Å². The molecule has 5 aromatic rings. The predicted octanol–water partition coefficient (Wildman–Crippen LogP) is 5.72. The molecule has 134 valence electrons. The Morgan fingerprint density at radius 1 is 0.750 bits per heavy atom. The first-order chi connectivity index (χ1) is 13.7. The van der Waals surface area contributed by atoms with Crippen molar-refractivity contribution in [2.75, 3.05) is 0 Å². The molecule has 2 aromatic heterocycles. The van der Waals surface area contributed by atoms with E-state index in [0.717, 1.165) is 16.5 Å². The second kappa shape index (κ2) is 6.59. The van der Waals surface area contributed by atoms with Gasteiger partial charge in [-0.1, -0.05) is 60.1 Å². The van der Waals surface area contributed by atoms with E-state index in [1.807, 2.05) is 66.7 Å². The van der Waals surface area contributed by atoms with Crippen molar-refractivity contribution in [3.63, 3.8) is 0 Å². The van der Waals surface area contributed by atoms with Crippen LogP contribution in [0.3, 0.4) is 0 Å². The van der Waals surface area contributed by atoms with Gasteiger partial charge in [0.2, 0.25) is 5.89 Å². The third-order valence-corrected chi connectivity index (χ3v) is 4.86. The summed E-state index contributed by atoms with van der Waals surface area (Å²) in [6.45, 7) is 0. The van der Waals surface area contributed by atoms with Crippen LogP contribution in [-0.4, -0.2) is 9.97 Å². The van der Waals surface area contributed by atoms with Crippen LogP contribution in [0.1, 0.15) is 0 Å². The SMILES string of the molecule is O=c1oc(-c2ccccc2)nc2c(-c3ccc(Cl)cc3)nc3ccccc3c12. The Kier molecular flexibility index (Phi) is 3.92. The molecule has 0 spiro atoms. The molecule has 0 amide bonds. The van der Waals surface area contributed by atoms with Crippen molar-refractivity contribution in [3.05, 3.63) is 94.3 Å². The third kappa shape index (κ3) is 2.75. The molecule has 0 bridgehead atoms. The summed E-state index contributed by atoms with van der Waals surface area (Å²) in [5.74, 6) is 0.269. The van der Waals surface area contributed by atoms with Crippen LogP contribution in [0.25, 0.3) is 44.5 Å². The smallest absolute Gasteiger partial charge is 0.347 e. The molecule has 0 aliphatic rings. The average Bonchev–Trinajstić information content (AvgIpc) is 2.74. The molecule has 0 N–H and O–H groups in total. The fourth-order valence-corrected chi connectivity index (χ4v) is 3.42. The number of para-hydroxylation sites is 1. The van der Waals surface area contributed by atoms with Gasteiger partial charge in [0, 0.05) is 21.5 Å². The number of nitrogens with zero attached hydrogens (tertiary/aromatic N) is 2. The molecule has 0 saturated carbocycles. The Morgan fingerprint density at radius 3 is 2.25 bits per heavy atom. The van der Waals surface area contributed by atoms with Gasteiger partial charge in [0.1, 0.15) is 5.52 Å². The van der Waals surface area contributed by atoms with E-state index >= 15 is 0 Å². The number of fused-ring (bicyclic) bond motifs is 3. The van der Waals surface area contributed by atoms with Crippen LogP contribution in [0.15, 0.2) is 88.1 Å². The predicted molar refractivity (Wildman–Crippen MR) is 111 cm³/mol. The number of hydrogen-bond donors (Lipinski definition) is 0. The lowest BCUT2D eigenvalue weighted by molar-refractivity contribution is 0.519. The van der Waals surface area contributed by atoms with Gasteiger partial charge in [0.05, 0.1) is 16.6 Å². The van der Waals surface area contributed by atoms with E-state index in [2.05, 4.69) is 0 Å². The van der Waals surface area contributed by atoms with Crippen LogP contribution in [0.5, 0.6) is 0 Å². The van der Waals surface area contributed by atoms with Crippen molar-refractivity contribution >= 4 is 33.4 Å². The van der Waals surface area contributed by atoms with Crippen LogP contribution < -0.4 is 5.63 Å². The molecule has 2 heterocycles. The highest BCUT2D eigenvalue weighted by atomic mass is 35.5. The number of rotatable bonds is 2. The van der Waals surface area contributed by atoms with Crippen molar-refractivity contribution < 1.29 is 4.42 Å². The lowest BCUT2D eigenvalue weighted by atomic mass is 10.0. The van der Waals surface area contributed by atoms with Crippen molar-refractivity contribution in [3.8, 4) is 22.7 Å². The van der Waals surface area contributed by atoms with Crippen LogP contribution in [0.4, 0.5) is 0 Å². The van der Waals surface area contributed by atoms with Crippen LogP contribution in [0.2, 0.25) is 5.02 Å². The van der Waals surface area contributed by atoms with Gasteiger partial charge in [-0.25, -0.2) is 14.8 Å². The van der Waals surface area contributed by atoms with E-state index < -0.39 is 5.63 Å². The molecule has 5 rings (SSSR count). The largest absolute Gasteiger partial charge is 0.403 e. The first-order valence-corrected chi connectivity index (χ1v) is 9.13. The van der Waals surface area contributed by atoms with E-state index in [-0.39, 0.29) is 5.89 Å². The molecule has 4 nitrogen and oxygen atoms in total. The maximum Gasteiger partial charge on any atom is 0.347 e. The molecule has 0 atom stereocenters. The summed E-state index contributed by atoms with van der Waals surface area (Å²) in [6, 6.07) is 24.2. The Hall–Kier alpha value is -3.50. The minimum atomic E-state index is -0.433. The highest BCUT2D eigenvalue weighted by molar-refractivity contribution is 6.30. The van der Waals surface area contributed by atoms with Gasteiger partial charge in [-0.3, -0.25) is 0 Å². The summed E-state index contributed by atoms with van der Waals surface area (Å²) in [5, 5.41) is 1.78. The molecule has 0 fully saturated rings. The van der Waals surface area contributed by atoms with Crippen LogP contribution in [0, 0.1) is 0 Å². The molecule has 0 aliphatic heterocycles. The first kappa shape index (κ1) is 16.7. The average molecular weight is 385 g/mol. The van der Waals surface area contributed by atoms with Gasteiger partial charge in [0.15, 0.2) is 0 Å². The molecule has 28 heavy (non-hydrogen) atoms. The highest BCUT2D eigenvalue weighted by Crippen LogP contribution is 2.31. The standard InChI is InChI=1S/C23H13ClN2O2/c24-16-12-10-14(11-13-16)20-21-19(17-8-4-5-9-18(17)25-20)23(27)28-22(26-21)15-6-2-1-3-7-15/h1-13H. The number of halogens is 1. The molecule has 0 saturated heterocycles. The number of pyridine rings is 1. The normalized spacial score (nSPS) is 11.2. The molecule has 3 aromatic carbocycles. The molecule has 5 heteroatoms. The zero-order chi connectivity index (χ0) is 19.1. The monoisotopic (exact) mass is 384 g/mol. The fourth-order valence-electron chi connectivity index (χ4n) is 3.29. The molecule has 0 aliphatic carbocycles. The lowest BCUT2D eigenvalue weighted by Gasteiger charge is -2.10. The van der Waals surface area contributed by atoms with E-state index in [9.17, 15) is 4.79 Å². The Morgan fingerprint density at radius 2 is 1.46 bits per heavy atom. The van der Waals surface area contributed by atoms with Crippen LogP contribution >= 0.6 is 11.6 Å². The van der Waals surface area contributed by atoms with E-state index in [1.165, 1.54) is 0 Å². The van der Waals surface area contributed by atoms with E-state index in [0.29, 0.717) is 27.1 Å². The third-order valence-electron chi connectivity index (χ3n) is 4.61. The summed E-state index contributed by atoms with van der Waals surface area (Å²) in [5.41, 5.74) is 2.97. The zero-order valence-corrected chi connectivity index (χ0v) is 15.4. The molecular weight excluding hydrogens is 372 g/mol. The minimum Gasteiger partial charge on any atom is -0.403 e. The molecule has 0 radical (unpaired) electrons. The first-order valence-electron chi connectivity index (χ1n) is 8.76. The summed E-state index contributed by atoms with van der Waals surface area (Å²) < 4.78 is 5.58. The highest BCUT2D eigenvalue weighted by Gasteiger charge is 2.17. The van der Waals surface area contributed by atoms with Gasteiger partial charge < -0.3 is 4.42 Å². The fraction of sp³-hybridized carbons (Fsp3) is 0. The van der Waals surface area contributed by atoms with Crippen molar-refractivity contribution in [2.45, 2.75) is 0 Å². The number of hydrogen-bond acceptors (Lipinski definition) is 4. The summed E-state index contributed by atoms with van der Waals surface area (Å²) >= 11 is 6.04. The van der Waals surface area contributed by atoms with Crippen molar-refractivity contribution in [1.82, 2.24) is 9.97 Å². The Labute approximate surface area is 165 Å². The summed E-state index contributed by atoms with van der Waals surface area (Å²) in [4.78, 5) is 22.5. The molecule has 0 unspecified atom stereocenters. The zero-order valence-electron chi connectivity index (χ0n) is 14.6. The van der Waals surface area contributed by atoms with Crippen LogP contribution in [-0.2, 0) is 0 Å². The lowest BCUT2D eigenvalue weighted by Crippen LogP contribution is -2.06. The maximum atomic E-state index is 13.0. The van der Waals surface area contributed by atoms with Gasteiger partial charge in [-0.2, -0.15) is 0 Å². The Bertz CT molecular complexity index is 1380. The Balaban J connectivity index is 1.92. The quantitative estimate of drug-likeness (QED) is 0.365. The second-order valence-corrected chi connectivity index (χ2v) is 6.82. The van der Waals surface area contributed by atoms with E-state index in [4.69, 9.17) is 26.0 Å². The van der Waals surface area contributed by atoms with Crippen molar-refractivity contribution in [2.24, 2.45) is 0 Å². The summed E-state index contributed by atoms with van der Waals surface area (Å²) in [6.07, 6.45) is 0. The molecular formula is C23H13ClN2O2. The minimum absolute atomic E-state index is 0.269. The summed E-state index contributed by atoms with van der Waals surface area (Å²) in [7, 11) is 0. The maximum absolute atomic E-state index is 13.0. The number of aromatic nitrogens is 2. The van der Waals surface area contributed by atoms with Gasteiger partial charge >= 0.3 is 5.63 Å². The van der Waals surface area contributed by atoms with E-state index in [1.54, 1.807) is 12.1 Å². The topological polar surface area (TPSA) is 56.0 Å².